The Kier molecular flexibility index (Phi) is 6.71. The molecule has 0 unspecified atom stereocenters. The summed E-state index contributed by atoms with van der Waals surface area (Å²) in [5.41, 5.74) is 8.93. The molecule has 2 aromatic carbocycles. The van der Waals surface area contributed by atoms with Gasteiger partial charge >= 0.3 is 0 Å². The van der Waals surface area contributed by atoms with Crippen molar-refractivity contribution >= 4 is 40.2 Å². The van der Waals surface area contributed by atoms with Crippen LogP contribution in [-0.4, -0.2) is 66.8 Å². The highest BCUT2D eigenvalue weighted by Gasteiger charge is 2.32. The Bertz CT molecular complexity index is 2090. The van der Waals surface area contributed by atoms with Gasteiger partial charge in [-0.1, -0.05) is 24.3 Å². The molecule has 0 saturated carbocycles. The van der Waals surface area contributed by atoms with Gasteiger partial charge in [0.1, 0.15) is 0 Å². The van der Waals surface area contributed by atoms with Crippen LogP contribution >= 0.6 is 0 Å². The summed E-state index contributed by atoms with van der Waals surface area (Å²) in [5, 5.41) is 12.0. The number of carbonyl (C=O) groups excluding carboxylic acids is 1. The Morgan fingerprint density at radius 3 is 2.48 bits per heavy atom. The summed E-state index contributed by atoms with van der Waals surface area (Å²) in [7, 11) is 1.90. The minimum Gasteiger partial charge on any atom is -0.359 e. The molecule has 0 atom stereocenters. The number of nitrogens with one attached hydrogen (secondary N) is 3. The molecule has 2 aliphatic heterocycles. The van der Waals surface area contributed by atoms with E-state index in [4.69, 9.17) is 4.98 Å². The SMILES string of the molecule is Cc1cnc(Nc2cc(C)n(C)n2)nc1-c1c[nH]c2c(N3Cc4c(cccc4-c4cnc(N5CCNCC5)nc4)C3=O)cccc12. The largest absolute Gasteiger partial charge is 0.359 e. The van der Waals surface area contributed by atoms with Gasteiger partial charge in [-0.25, -0.2) is 19.9 Å². The molecule has 46 heavy (non-hydrogen) atoms. The lowest BCUT2D eigenvalue weighted by molar-refractivity contribution is 0.0997. The van der Waals surface area contributed by atoms with Gasteiger partial charge in [0, 0.05) is 91.9 Å². The van der Waals surface area contributed by atoms with E-state index >= 15 is 0 Å². The van der Waals surface area contributed by atoms with Crippen LogP contribution in [0.15, 0.2) is 67.3 Å². The summed E-state index contributed by atoms with van der Waals surface area (Å²) in [5.74, 6) is 1.85. The van der Waals surface area contributed by atoms with E-state index < -0.39 is 0 Å². The number of aryl methyl sites for hydroxylation is 3. The number of piperazine rings is 1. The van der Waals surface area contributed by atoms with E-state index in [-0.39, 0.29) is 5.91 Å². The van der Waals surface area contributed by atoms with Crippen molar-refractivity contribution in [1.29, 1.82) is 0 Å². The second kappa shape index (κ2) is 11.1. The molecule has 0 aliphatic carbocycles. The van der Waals surface area contributed by atoms with Crippen molar-refractivity contribution in [2.24, 2.45) is 7.05 Å². The van der Waals surface area contributed by atoms with Gasteiger partial charge < -0.3 is 25.4 Å². The fourth-order valence-corrected chi connectivity index (χ4v) is 6.36. The van der Waals surface area contributed by atoms with Crippen molar-refractivity contribution in [1.82, 2.24) is 40.0 Å². The molecular weight excluding hydrogens is 578 g/mol. The maximum absolute atomic E-state index is 13.9. The first-order valence-corrected chi connectivity index (χ1v) is 15.4. The fraction of sp³-hybridized carbons (Fsp3) is 0.235. The first kappa shape index (κ1) is 27.9. The summed E-state index contributed by atoms with van der Waals surface area (Å²) in [4.78, 5) is 40.1. The standard InChI is InChI=1S/C34H33N11O/c1-20-15-37-33(40-29-14-21(2)43(3)42-29)41-30(20)26-18-36-31-24(26)7-5-9-28(31)45-19-27-23(6-4-8-25(27)32(45)46)22-16-38-34(39-17-22)44-12-10-35-11-13-44/h4-9,14-18,35-36H,10-13,19H2,1-3H3,(H,37,40,41,42). The van der Waals surface area contributed by atoms with Crippen molar-refractivity contribution < 1.29 is 4.79 Å². The Balaban J connectivity index is 1.11. The molecule has 2 aliphatic rings. The van der Waals surface area contributed by atoms with E-state index in [1.165, 1.54) is 0 Å². The Morgan fingerprint density at radius 2 is 1.70 bits per heavy atom. The number of carbonyl (C=O) groups is 1. The number of fused-ring (bicyclic) bond motifs is 2. The highest BCUT2D eigenvalue weighted by atomic mass is 16.2. The van der Waals surface area contributed by atoms with Crippen LogP contribution in [0.1, 0.15) is 27.2 Å². The molecular formula is C34H33N11O. The number of anilines is 4. The second-order valence-corrected chi connectivity index (χ2v) is 11.8. The zero-order valence-corrected chi connectivity index (χ0v) is 25.9. The minimum atomic E-state index is -0.0331. The quantitative estimate of drug-likeness (QED) is 0.244. The zero-order valence-electron chi connectivity index (χ0n) is 25.9. The third-order valence-corrected chi connectivity index (χ3v) is 8.88. The number of benzene rings is 2. The van der Waals surface area contributed by atoms with E-state index in [9.17, 15) is 4.79 Å². The molecule has 0 bridgehead atoms. The lowest BCUT2D eigenvalue weighted by Gasteiger charge is -2.27. The Labute approximate surface area is 265 Å². The monoisotopic (exact) mass is 611 g/mol. The number of amides is 1. The number of aromatic nitrogens is 7. The van der Waals surface area contributed by atoms with Gasteiger partial charge in [-0.05, 0) is 42.7 Å². The van der Waals surface area contributed by atoms with E-state index in [2.05, 4.69) is 46.6 Å². The van der Waals surface area contributed by atoms with Gasteiger partial charge in [0.2, 0.25) is 11.9 Å². The smallest absolute Gasteiger partial charge is 0.259 e. The molecule has 3 N–H and O–H groups in total. The molecule has 6 aromatic rings. The summed E-state index contributed by atoms with van der Waals surface area (Å²) >= 11 is 0. The van der Waals surface area contributed by atoms with E-state index in [0.717, 1.165) is 87.9 Å². The fourth-order valence-electron chi connectivity index (χ4n) is 6.36. The van der Waals surface area contributed by atoms with Crippen LogP contribution in [-0.2, 0) is 13.6 Å². The van der Waals surface area contributed by atoms with E-state index in [1.807, 2.05) is 87.0 Å². The van der Waals surface area contributed by atoms with Crippen molar-refractivity contribution in [3.05, 3.63) is 89.6 Å². The molecule has 12 heteroatoms. The summed E-state index contributed by atoms with van der Waals surface area (Å²) < 4.78 is 1.80. The number of hydrogen-bond donors (Lipinski definition) is 3. The molecule has 230 valence electrons. The van der Waals surface area contributed by atoms with Crippen molar-refractivity contribution in [2.45, 2.75) is 20.4 Å². The van der Waals surface area contributed by atoms with Crippen LogP contribution < -0.4 is 20.4 Å². The van der Waals surface area contributed by atoms with Crippen LogP contribution in [0.5, 0.6) is 0 Å². The lowest BCUT2D eigenvalue weighted by Crippen LogP contribution is -2.44. The second-order valence-electron chi connectivity index (χ2n) is 11.8. The number of rotatable bonds is 6. The third kappa shape index (κ3) is 4.74. The predicted octanol–water partition coefficient (Wildman–Crippen LogP) is 4.75. The molecule has 0 radical (unpaired) electrons. The molecule has 6 heterocycles. The first-order valence-electron chi connectivity index (χ1n) is 15.4. The van der Waals surface area contributed by atoms with Crippen LogP contribution in [0.25, 0.3) is 33.3 Å². The molecule has 12 nitrogen and oxygen atoms in total. The summed E-state index contributed by atoms with van der Waals surface area (Å²) in [6.45, 7) is 8.05. The first-order chi connectivity index (χ1) is 22.4. The van der Waals surface area contributed by atoms with E-state index in [0.29, 0.717) is 23.9 Å². The summed E-state index contributed by atoms with van der Waals surface area (Å²) in [6, 6.07) is 13.9. The third-order valence-electron chi connectivity index (χ3n) is 8.88. The topological polar surface area (TPSA) is 133 Å². The normalized spacial score (nSPS) is 14.7. The molecule has 1 fully saturated rings. The highest BCUT2D eigenvalue weighted by Crippen LogP contribution is 2.40. The predicted molar refractivity (Wildman–Crippen MR) is 178 cm³/mol. The average molecular weight is 612 g/mol. The number of aromatic amines is 1. The molecule has 0 spiro atoms. The van der Waals surface area contributed by atoms with Gasteiger partial charge in [0.05, 0.1) is 23.4 Å². The maximum Gasteiger partial charge on any atom is 0.259 e. The number of hydrogen-bond acceptors (Lipinski definition) is 9. The Hall–Kier alpha value is -5.62. The number of H-pyrrole nitrogens is 1. The molecule has 1 saturated heterocycles. The summed E-state index contributed by atoms with van der Waals surface area (Å²) in [6.07, 6.45) is 7.50. The molecule has 1 amide bonds. The Morgan fingerprint density at radius 1 is 0.913 bits per heavy atom. The zero-order chi connectivity index (χ0) is 31.4. The van der Waals surface area contributed by atoms with Crippen LogP contribution in [0.4, 0.5) is 23.4 Å². The van der Waals surface area contributed by atoms with Crippen molar-refractivity contribution in [3.63, 3.8) is 0 Å². The van der Waals surface area contributed by atoms with Crippen molar-refractivity contribution in [3.8, 4) is 22.4 Å². The van der Waals surface area contributed by atoms with Gasteiger partial charge in [0.15, 0.2) is 5.82 Å². The van der Waals surface area contributed by atoms with Gasteiger partial charge in [-0.2, -0.15) is 5.10 Å². The number of nitrogens with zero attached hydrogens (tertiary/aromatic N) is 8. The lowest BCUT2D eigenvalue weighted by atomic mass is 9.99. The van der Waals surface area contributed by atoms with Gasteiger partial charge in [0.25, 0.3) is 5.91 Å². The van der Waals surface area contributed by atoms with E-state index in [1.54, 1.807) is 4.68 Å². The van der Waals surface area contributed by atoms with Gasteiger partial charge in [-0.3, -0.25) is 9.48 Å². The van der Waals surface area contributed by atoms with Crippen LogP contribution in [0.2, 0.25) is 0 Å². The average Bonchev–Trinajstić information content (AvgIpc) is 3.76. The maximum atomic E-state index is 13.9. The number of para-hydroxylation sites is 1. The van der Waals surface area contributed by atoms with Crippen molar-refractivity contribution in [2.75, 3.05) is 41.3 Å². The van der Waals surface area contributed by atoms with Crippen LogP contribution in [0.3, 0.4) is 0 Å². The van der Waals surface area contributed by atoms with Crippen LogP contribution in [0, 0.1) is 13.8 Å². The molecule has 8 rings (SSSR count). The minimum absolute atomic E-state index is 0.0331. The highest BCUT2D eigenvalue weighted by molar-refractivity contribution is 6.15. The van der Waals surface area contributed by atoms with Gasteiger partial charge in [-0.15, -0.1) is 0 Å². The molecule has 4 aromatic heterocycles.